The first-order chi connectivity index (χ1) is 8.59. The molecule has 0 atom stereocenters. The van der Waals surface area contributed by atoms with Crippen molar-refractivity contribution in [2.75, 3.05) is 11.9 Å². The summed E-state index contributed by atoms with van der Waals surface area (Å²) < 4.78 is 15.4. The second-order valence-electron chi connectivity index (χ2n) is 4.78. The van der Waals surface area contributed by atoms with Crippen molar-refractivity contribution >= 4 is 5.95 Å². The second kappa shape index (κ2) is 5.21. The number of benzene rings is 1. The van der Waals surface area contributed by atoms with Gasteiger partial charge in [0.15, 0.2) is 0 Å². The lowest BCUT2D eigenvalue weighted by Gasteiger charge is -2.13. The van der Waals surface area contributed by atoms with Crippen LogP contribution in [-0.2, 0) is 0 Å². The third kappa shape index (κ3) is 2.53. The van der Waals surface area contributed by atoms with Crippen LogP contribution in [0.4, 0.5) is 10.3 Å². The molecular formula is C14H18FN3. The number of rotatable bonds is 4. The fraction of sp³-hybridized carbons (Fsp3) is 0.357. The molecule has 0 aliphatic heterocycles. The van der Waals surface area contributed by atoms with Crippen LogP contribution in [0.5, 0.6) is 0 Å². The minimum Gasteiger partial charge on any atom is -0.355 e. The molecule has 0 amide bonds. The van der Waals surface area contributed by atoms with Crippen molar-refractivity contribution in [2.24, 2.45) is 5.92 Å². The zero-order chi connectivity index (χ0) is 13.1. The van der Waals surface area contributed by atoms with Crippen LogP contribution in [0.1, 0.15) is 19.4 Å². The topological polar surface area (TPSA) is 29.9 Å². The van der Waals surface area contributed by atoms with Gasteiger partial charge in [0.2, 0.25) is 5.95 Å². The molecule has 4 heteroatoms. The number of anilines is 1. The van der Waals surface area contributed by atoms with E-state index in [0.717, 1.165) is 18.2 Å². The Balaban J connectivity index is 2.33. The van der Waals surface area contributed by atoms with Gasteiger partial charge in [0.25, 0.3) is 0 Å². The van der Waals surface area contributed by atoms with Crippen LogP contribution in [0, 0.1) is 18.7 Å². The minimum absolute atomic E-state index is 0.198. The van der Waals surface area contributed by atoms with E-state index in [1.165, 1.54) is 6.07 Å². The molecule has 0 unspecified atom stereocenters. The molecule has 1 aromatic carbocycles. The maximum Gasteiger partial charge on any atom is 0.207 e. The van der Waals surface area contributed by atoms with Crippen molar-refractivity contribution in [3.63, 3.8) is 0 Å². The first kappa shape index (κ1) is 12.6. The van der Waals surface area contributed by atoms with E-state index in [9.17, 15) is 4.39 Å². The van der Waals surface area contributed by atoms with Crippen LogP contribution in [0.25, 0.3) is 5.69 Å². The molecule has 0 bridgehead atoms. The molecule has 1 heterocycles. The van der Waals surface area contributed by atoms with Gasteiger partial charge in [0.05, 0.1) is 5.69 Å². The molecule has 0 aliphatic carbocycles. The number of hydrogen-bond donors (Lipinski definition) is 1. The van der Waals surface area contributed by atoms with Crippen LogP contribution >= 0.6 is 0 Å². The Morgan fingerprint density at radius 3 is 2.89 bits per heavy atom. The molecule has 0 radical (unpaired) electrons. The SMILES string of the molecule is Cc1c(F)cccc1-n1ccnc1NCC(C)C. The smallest absolute Gasteiger partial charge is 0.207 e. The fourth-order valence-electron chi connectivity index (χ4n) is 1.78. The number of nitrogens with zero attached hydrogens (tertiary/aromatic N) is 2. The highest BCUT2D eigenvalue weighted by atomic mass is 19.1. The second-order valence-corrected chi connectivity index (χ2v) is 4.78. The highest BCUT2D eigenvalue weighted by Crippen LogP contribution is 2.20. The average Bonchev–Trinajstić information content (AvgIpc) is 2.78. The monoisotopic (exact) mass is 247 g/mol. The predicted octanol–water partition coefficient (Wildman–Crippen LogP) is 3.39. The standard InChI is InChI=1S/C14H18FN3/c1-10(2)9-17-14-16-7-8-18(14)13-6-4-5-12(15)11(13)3/h4-8,10H,9H2,1-3H3,(H,16,17). The maximum absolute atomic E-state index is 13.6. The zero-order valence-electron chi connectivity index (χ0n) is 10.9. The Kier molecular flexibility index (Phi) is 3.65. The van der Waals surface area contributed by atoms with Gasteiger partial charge in [-0.05, 0) is 25.0 Å². The van der Waals surface area contributed by atoms with E-state index in [4.69, 9.17) is 0 Å². The lowest BCUT2D eigenvalue weighted by molar-refractivity contribution is 0.617. The van der Waals surface area contributed by atoms with Gasteiger partial charge in [0, 0.05) is 24.5 Å². The van der Waals surface area contributed by atoms with Gasteiger partial charge < -0.3 is 5.32 Å². The van der Waals surface area contributed by atoms with Crippen molar-refractivity contribution in [3.8, 4) is 5.69 Å². The van der Waals surface area contributed by atoms with Crippen molar-refractivity contribution in [1.82, 2.24) is 9.55 Å². The molecule has 3 nitrogen and oxygen atoms in total. The lowest BCUT2D eigenvalue weighted by atomic mass is 10.2. The Hall–Kier alpha value is -1.84. The molecular weight excluding hydrogens is 229 g/mol. The molecule has 18 heavy (non-hydrogen) atoms. The summed E-state index contributed by atoms with van der Waals surface area (Å²) in [5, 5.41) is 3.27. The summed E-state index contributed by atoms with van der Waals surface area (Å²) in [6.07, 6.45) is 3.55. The quantitative estimate of drug-likeness (QED) is 0.897. The van der Waals surface area contributed by atoms with Gasteiger partial charge in [0.1, 0.15) is 5.82 Å². The Morgan fingerprint density at radius 2 is 2.17 bits per heavy atom. The summed E-state index contributed by atoms with van der Waals surface area (Å²) >= 11 is 0. The zero-order valence-corrected chi connectivity index (χ0v) is 10.9. The van der Waals surface area contributed by atoms with E-state index in [0.29, 0.717) is 11.5 Å². The normalized spacial score (nSPS) is 10.9. The number of hydrogen-bond acceptors (Lipinski definition) is 2. The molecule has 96 valence electrons. The van der Waals surface area contributed by atoms with E-state index < -0.39 is 0 Å². The number of imidazole rings is 1. The first-order valence-corrected chi connectivity index (χ1v) is 6.12. The minimum atomic E-state index is -0.198. The maximum atomic E-state index is 13.6. The summed E-state index contributed by atoms with van der Waals surface area (Å²) in [5.41, 5.74) is 1.45. The first-order valence-electron chi connectivity index (χ1n) is 6.12. The van der Waals surface area contributed by atoms with E-state index in [-0.39, 0.29) is 5.82 Å². The van der Waals surface area contributed by atoms with E-state index in [1.807, 2.05) is 16.8 Å². The summed E-state index contributed by atoms with van der Waals surface area (Å²) in [7, 11) is 0. The highest BCUT2D eigenvalue weighted by Gasteiger charge is 2.09. The molecule has 1 aromatic heterocycles. The van der Waals surface area contributed by atoms with Gasteiger partial charge in [-0.3, -0.25) is 4.57 Å². The Morgan fingerprint density at radius 1 is 1.39 bits per heavy atom. The number of aromatic nitrogens is 2. The van der Waals surface area contributed by atoms with E-state index in [2.05, 4.69) is 24.1 Å². The van der Waals surface area contributed by atoms with E-state index >= 15 is 0 Å². The molecule has 0 spiro atoms. The molecule has 0 aliphatic rings. The van der Waals surface area contributed by atoms with Crippen LogP contribution in [-0.4, -0.2) is 16.1 Å². The van der Waals surface area contributed by atoms with Gasteiger partial charge in [-0.2, -0.15) is 0 Å². The Bertz CT molecular complexity index is 532. The van der Waals surface area contributed by atoms with Crippen LogP contribution in [0.15, 0.2) is 30.6 Å². The van der Waals surface area contributed by atoms with Crippen LogP contribution < -0.4 is 5.32 Å². The molecule has 0 saturated heterocycles. The summed E-state index contributed by atoms with van der Waals surface area (Å²) in [4.78, 5) is 4.26. The highest BCUT2D eigenvalue weighted by molar-refractivity contribution is 5.47. The third-order valence-corrected chi connectivity index (χ3v) is 2.81. The summed E-state index contributed by atoms with van der Waals surface area (Å²) in [6.45, 7) is 6.88. The largest absolute Gasteiger partial charge is 0.355 e. The van der Waals surface area contributed by atoms with Crippen molar-refractivity contribution < 1.29 is 4.39 Å². The summed E-state index contributed by atoms with van der Waals surface area (Å²) in [6, 6.07) is 5.07. The summed E-state index contributed by atoms with van der Waals surface area (Å²) in [5.74, 6) is 1.08. The van der Waals surface area contributed by atoms with Crippen molar-refractivity contribution in [3.05, 3.63) is 42.0 Å². The molecule has 2 aromatic rings. The number of halogens is 1. The van der Waals surface area contributed by atoms with Gasteiger partial charge in [-0.25, -0.2) is 9.37 Å². The van der Waals surface area contributed by atoms with E-state index in [1.54, 1.807) is 19.2 Å². The third-order valence-electron chi connectivity index (χ3n) is 2.81. The average molecular weight is 247 g/mol. The van der Waals surface area contributed by atoms with Crippen molar-refractivity contribution in [2.45, 2.75) is 20.8 Å². The Labute approximate surface area is 107 Å². The van der Waals surface area contributed by atoms with Gasteiger partial charge in [-0.15, -0.1) is 0 Å². The molecule has 1 N–H and O–H groups in total. The van der Waals surface area contributed by atoms with Crippen molar-refractivity contribution in [1.29, 1.82) is 0 Å². The van der Waals surface area contributed by atoms with Gasteiger partial charge >= 0.3 is 0 Å². The molecule has 0 fully saturated rings. The predicted molar refractivity (Wildman–Crippen MR) is 71.6 cm³/mol. The van der Waals surface area contributed by atoms with Gasteiger partial charge in [-0.1, -0.05) is 19.9 Å². The molecule has 0 saturated carbocycles. The van der Waals surface area contributed by atoms with Crippen LogP contribution in [0.3, 0.4) is 0 Å². The number of nitrogens with one attached hydrogen (secondary N) is 1. The van der Waals surface area contributed by atoms with Crippen LogP contribution in [0.2, 0.25) is 0 Å². The lowest BCUT2D eigenvalue weighted by Crippen LogP contribution is -2.12. The fourth-order valence-corrected chi connectivity index (χ4v) is 1.78. The molecule has 2 rings (SSSR count).